The normalized spacial score (nSPS) is 28.8. The Kier molecular flexibility index (Phi) is 5.37. The summed E-state index contributed by atoms with van der Waals surface area (Å²) in [4.78, 5) is 28.2. The van der Waals surface area contributed by atoms with Gasteiger partial charge in [-0.3, -0.25) is 9.59 Å². The molecule has 2 amide bonds. The summed E-state index contributed by atoms with van der Waals surface area (Å²) in [7, 11) is 2.10. The summed E-state index contributed by atoms with van der Waals surface area (Å²) in [5.41, 5.74) is 0. The molecular weight excluding hydrogens is 256 g/mol. The van der Waals surface area contributed by atoms with Gasteiger partial charge in [0, 0.05) is 38.3 Å². The summed E-state index contributed by atoms with van der Waals surface area (Å²) in [6, 6.07) is 0.578. The van der Waals surface area contributed by atoms with Crippen LogP contribution in [0.3, 0.4) is 0 Å². The van der Waals surface area contributed by atoms with Gasteiger partial charge in [-0.05, 0) is 39.8 Å². The van der Waals surface area contributed by atoms with Crippen LogP contribution in [0.1, 0.15) is 26.2 Å². The smallest absolute Gasteiger partial charge is 0.311 e. The van der Waals surface area contributed by atoms with Crippen LogP contribution in [0.25, 0.3) is 0 Å². The van der Waals surface area contributed by atoms with Gasteiger partial charge in [-0.15, -0.1) is 0 Å². The summed E-state index contributed by atoms with van der Waals surface area (Å²) < 4.78 is 0. The number of rotatable bonds is 1. The van der Waals surface area contributed by atoms with Crippen LogP contribution in [0.4, 0.5) is 0 Å². The van der Waals surface area contributed by atoms with Gasteiger partial charge in [-0.2, -0.15) is 0 Å². The molecule has 2 heterocycles. The van der Waals surface area contributed by atoms with E-state index in [1.165, 1.54) is 0 Å². The van der Waals surface area contributed by atoms with Gasteiger partial charge in [0.05, 0.1) is 0 Å². The molecule has 2 aliphatic rings. The fraction of sp³-hybridized carbons (Fsp3) is 0.857. The van der Waals surface area contributed by atoms with Crippen LogP contribution in [-0.4, -0.2) is 73.5 Å². The van der Waals surface area contributed by atoms with Crippen molar-refractivity contribution in [3.8, 4) is 0 Å². The van der Waals surface area contributed by atoms with Crippen molar-refractivity contribution < 1.29 is 9.59 Å². The fourth-order valence-electron chi connectivity index (χ4n) is 2.86. The summed E-state index contributed by atoms with van der Waals surface area (Å²) in [5.74, 6) is -0.811. The SMILES string of the molecule is CC1CC(NC(=O)C(=O)N2CCCNCC2)CCN1C. The van der Waals surface area contributed by atoms with Crippen LogP contribution in [0.2, 0.25) is 0 Å². The van der Waals surface area contributed by atoms with Crippen molar-refractivity contribution in [3.63, 3.8) is 0 Å². The van der Waals surface area contributed by atoms with Crippen molar-refractivity contribution in [1.82, 2.24) is 20.4 Å². The van der Waals surface area contributed by atoms with Crippen LogP contribution in [-0.2, 0) is 9.59 Å². The molecular formula is C14H26N4O2. The molecule has 2 N–H and O–H groups in total. The van der Waals surface area contributed by atoms with Crippen molar-refractivity contribution in [1.29, 1.82) is 0 Å². The molecule has 6 heteroatoms. The van der Waals surface area contributed by atoms with E-state index in [-0.39, 0.29) is 11.9 Å². The molecule has 2 rings (SSSR count). The van der Waals surface area contributed by atoms with Crippen molar-refractivity contribution in [3.05, 3.63) is 0 Å². The molecule has 0 aromatic rings. The van der Waals surface area contributed by atoms with Crippen LogP contribution in [0, 0.1) is 0 Å². The molecule has 0 bridgehead atoms. The number of amides is 2. The highest BCUT2D eigenvalue weighted by molar-refractivity contribution is 6.35. The number of likely N-dealkylation sites (tertiary alicyclic amines) is 1. The highest BCUT2D eigenvalue weighted by atomic mass is 16.2. The largest absolute Gasteiger partial charge is 0.345 e. The first-order valence-electron chi connectivity index (χ1n) is 7.58. The van der Waals surface area contributed by atoms with E-state index in [0.717, 1.165) is 38.9 Å². The van der Waals surface area contributed by atoms with Gasteiger partial charge in [-0.1, -0.05) is 0 Å². The van der Waals surface area contributed by atoms with E-state index >= 15 is 0 Å². The molecule has 0 radical (unpaired) electrons. The fourth-order valence-corrected chi connectivity index (χ4v) is 2.86. The van der Waals surface area contributed by atoms with Crippen LogP contribution < -0.4 is 10.6 Å². The number of piperidine rings is 1. The third-order valence-corrected chi connectivity index (χ3v) is 4.37. The van der Waals surface area contributed by atoms with E-state index in [1.807, 2.05) is 0 Å². The van der Waals surface area contributed by atoms with E-state index < -0.39 is 5.91 Å². The molecule has 114 valence electrons. The van der Waals surface area contributed by atoms with Gasteiger partial charge in [0.2, 0.25) is 0 Å². The van der Waals surface area contributed by atoms with Gasteiger partial charge in [0.25, 0.3) is 0 Å². The Hall–Kier alpha value is -1.14. The van der Waals surface area contributed by atoms with E-state index in [0.29, 0.717) is 19.1 Å². The van der Waals surface area contributed by atoms with Gasteiger partial charge < -0.3 is 20.4 Å². The summed E-state index contributed by atoms with van der Waals surface area (Å²) in [6.45, 7) is 6.09. The Bertz CT molecular complexity index is 353. The predicted octanol–water partition coefficient (Wildman–Crippen LogP) is -0.593. The van der Waals surface area contributed by atoms with Crippen LogP contribution in [0.15, 0.2) is 0 Å². The van der Waals surface area contributed by atoms with Crippen molar-refractivity contribution in [2.75, 3.05) is 39.8 Å². The lowest BCUT2D eigenvalue weighted by Crippen LogP contribution is -2.51. The van der Waals surface area contributed by atoms with Gasteiger partial charge in [0.1, 0.15) is 0 Å². The van der Waals surface area contributed by atoms with Crippen molar-refractivity contribution in [2.45, 2.75) is 38.3 Å². The second-order valence-corrected chi connectivity index (χ2v) is 5.92. The first-order chi connectivity index (χ1) is 9.58. The average molecular weight is 282 g/mol. The molecule has 20 heavy (non-hydrogen) atoms. The predicted molar refractivity (Wildman–Crippen MR) is 77.3 cm³/mol. The highest BCUT2D eigenvalue weighted by Gasteiger charge is 2.28. The maximum Gasteiger partial charge on any atom is 0.311 e. The molecule has 2 aliphatic heterocycles. The molecule has 2 saturated heterocycles. The lowest BCUT2D eigenvalue weighted by molar-refractivity contribution is -0.146. The number of carbonyl (C=O) groups is 2. The molecule has 2 atom stereocenters. The number of nitrogens with zero attached hydrogens (tertiary/aromatic N) is 2. The number of hydrogen-bond donors (Lipinski definition) is 2. The number of hydrogen-bond acceptors (Lipinski definition) is 4. The minimum atomic E-state index is -0.436. The van der Waals surface area contributed by atoms with Gasteiger partial charge in [0.15, 0.2) is 0 Å². The quantitative estimate of drug-likeness (QED) is 0.631. The first-order valence-corrected chi connectivity index (χ1v) is 7.58. The third kappa shape index (κ3) is 3.93. The van der Waals surface area contributed by atoms with Gasteiger partial charge >= 0.3 is 11.8 Å². The zero-order valence-corrected chi connectivity index (χ0v) is 12.5. The molecule has 0 aliphatic carbocycles. The van der Waals surface area contributed by atoms with Gasteiger partial charge in [-0.25, -0.2) is 0 Å². The highest BCUT2D eigenvalue weighted by Crippen LogP contribution is 2.15. The number of nitrogens with one attached hydrogen (secondary N) is 2. The average Bonchev–Trinajstić information content (AvgIpc) is 2.71. The third-order valence-electron chi connectivity index (χ3n) is 4.37. The monoisotopic (exact) mass is 282 g/mol. The first kappa shape index (κ1) is 15.3. The standard InChI is InChI=1S/C14H26N4O2/c1-11-10-12(4-8-17(11)2)16-13(19)14(20)18-7-3-5-15-6-9-18/h11-12,15H,3-10H2,1-2H3,(H,16,19). The maximum absolute atomic E-state index is 12.1. The minimum Gasteiger partial charge on any atom is -0.345 e. The van der Waals surface area contributed by atoms with E-state index in [2.05, 4.69) is 29.5 Å². The lowest BCUT2D eigenvalue weighted by Gasteiger charge is -2.35. The Morgan fingerprint density at radius 2 is 2.00 bits per heavy atom. The van der Waals surface area contributed by atoms with Crippen molar-refractivity contribution in [2.24, 2.45) is 0 Å². The maximum atomic E-state index is 12.1. The molecule has 2 unspecified atom stereocenters. The Balaban J connectivity index is 1.83. The summed E-state index contributed by atoms with van der Waals surface area (Å²) in [5, 5.41) is 6.14. The molecule has 6 nitrogen and oxygen atoms in total. The minimum absolute atomic E-state index is 0.128. The second kappa shape index (κ2) is 7.04. The molecule has 0 saturated carbocycles. The Labute approximate surface area is 120 Å². The molecule has 0 aromatic heterocycles. The molecule has 2 fully saturated rings. The summed E-state index contributed by atoms with van der Waals surface area (Å²) in [6.07, 6.45) is 2.74. The lowest BCUT2D eigenvalue weighted by atomic mass is 9.99. The van der Waals surface area contributed by atoms with E-state index in [1.54, 1.807) is 4.90 Å². The van der Waals surface area contributed by atoms with E-state index in [9.17, 15) is 9.59 Å². The van der Waals surface area contributed by atoms with E-state index in [4.69, 9.17) is 0 Å². The van der Waals surface area contributed by atoms with Crippen LogP contribution in [0.5, 0.6) is 0 Å². The molecule has 0 spiro atoms. The Morgan fingerprint density at radius 1 is 1.20 bits per heavy atom. The van der Waals surface area contributed by atoms with Crippen LogP contribution >= 0.6 is 0 Å². The summed E-state index contributed by atoms with van der Waals surface area (Å²) >= 11 is 0. The Morgan fingerprint density at radius 3 is 2.75 bits per heavy atom. The van der Waals surface area contributed by atoms with Crippen molar-refractivity contribution >= 4 is 11.8 Å². The second-order valence-electron chi connectivity index (χ2n) is 5.92. The topological polar surface area (TPSA) is 64.7 Å². The zero-order chi connectivity index (χ0) is 14.5. The molecule has 0 aromatic carbocycles. The zero-order valence-electron chi connectivity index (χ0n) is 12.5. The number of carbonyl (C=O) groups excluding carboxylic acids is 2.